The number of hydrogen-bond donors (Lipinski definition) is 1. The smallest absolute Gasteiger partial charge is 0.283 e. The number of aromatic amines is 1. The molecule has 24 heavy (non-hydrogen) atoms. The molecule has 2 aromatic rings. The fourth-order valence-electron chi connectivity index (χ4n) is 3.95. The van der Waals surface area contributed by atoms with E-state index in [1.54, 1.807) is 8.61 Å². The number of nitrogens with zero attached hydrogens (tertiary/aromatic N) is 2. The highest BCUT2D eigenvalue weighted by Crippen LogP contribution is 2.40. The molecule has 2 unspecified atom stereocenters. The third kappa shape index (κ3) is 2.60. The molecule has 4 rings (SSSR count). The molecule has 6 nitrogen and oxygen atoms in total. The molecular weight excluding hydrogens is 326 g/mol. The van der Waals surface area contributed by atoms with Gasteiger partial charge in [0.25, 0.3) is 10.2 Å². The molecule has 2 atom stereocenters. The lowest BCUT2D eigenvalue weighted by molar-refractivity contribution is 0.291. The van der Waals surface area contributed by atoms with Crippen LogP contribution in [0.5, 0.6) is 0 Å². The van der Waals surface area contributed by atoms with Gasteiger partial charge in [-0.15, -0.1) is 0 Å². The van der Waals surface area contributed by atoms with Gasteiger partial charge in [-0.05, 0) is 56.9 Å². The summed E-state index contributed by atoms with van der Waals surface area (Å²) < 4.78 is 35.7. The Kier molecular flexibility index (Phi) is 4.02. The standard InChI is InChI=1S/C17H23N3O3S/c1-13-8-9-17(23-13)16-7-4-12-20(16)24(21,22)19-11-3-6-15(19)14-5-2-10-18-14/h2,5,8-10,15-16,18H,3-4,6-7,11-12H2,1H3. The van der Waals surface area contributed by atoms with Crippen molar-refractivity contribution in [2.24, 2.45) is 0 Å². The number of furan rings is 1. The number of H-pyrrole nitrogens is 1. The van der Waals surface area contributed by atoms with Crippen LogP contribution in [-0.4, -0.2) is 35.1 Å². The predicted molar refractivity (Wildman–Crippen MR) is 90.5 cm³/mol. The summed E-state index contributed by atoms with van der Waals surface area (Å²) in [5, 5.41) is 0. The second kappa shape index (κ2) is 6.06. The minimum atomic E-state index is -3.52. The molecule has 0 spiro atoms. The van der Waals surface area contributed by atoms with Gasteiger partial charge in [-0.1, -0.05) is 0 Å². The maximum Gasteiger partial charge on any atom is 0.283 e. The Morgan fingerprint density at radius 1 is 1.08 bits per heavy atom. The van der Waals surface area contributed by atoms with E-state index in [0.717, 1.165) is 42.9 Å². The lowest BCUT2D eigenvalue weighted by atomic mass is 10.2. The summed E-state index contributed by atoms with van der Waals surface area (Å²) >= 11 is 0. The van der Waals surface area contributed by atoms with Crippen LogP contribution < -0.4 is 0 Å². The molecule has 0 aliphatic carbocycles. The molecule has 0 radical (unpaired) electrons. The van der Waals surface area contributed by atoms with Crippen LogP contribution in [-0.2, 0) is 10.2 Å². The van der Waals surface area contributed by atoms with Gasteiger partial charge in [-0.2, -0.15) is 17.0 Å². The Labute approximate surface area is 142 Å². The zero-order chi connectivity index (χ0) is 16.7. The first-order valence-corrected chi connectivity index (χ1v) is 9.95. The minimum absolute atomic E-state index is 0.0930. The van der Waals surface area contributed by atoms with Crippen LogP contribution in [0.1, 0.15) is 55.0 Å². The molecule has 1 N–H and O–H groups in total. The first kappa shape index (κ1) is 15.9. The molecule has 0 saturated carbocycles. The van der Waals surface area contributed by atoms with Gasteiger partial charge >= 0.3 is 0 Å². The molecular formula is C17H23N3O3S. The lowest BCUT2D eigenvalue weighted by Gasteiger charge is -2.31. The fourth-order valence-corrected chi connectivity index (χ4v) is 6.01. The topological polar surface area (TPSA) is 69.6 Å². The summed E-state index contributed by atoms with van der Waals surface area (Å²) in [7, 11) is -3.52. The van der Waals surface area contributed by atoms with Crippen LogP contribution >= 0.6 is 0 Å². The van der Waals surface area contributed by atoms with Gasteiger partial charge in [0.2, 0.25) is 0 Å². The highest BCUT2D eigenvalue weighted by atomic mass is 32.2. The third-order valence-electron chi connectivity index (χ3n) is 5.07. The van der Waals surface area contributed by atoms with Crippen molar-refractivity contribution in [1.29, 1.82) is 0 Å². The highest BCUT2D eigenvalue weighted by Gasteiger charge is 2.44. The molecule has 2 aromatic heterocycles. The van der Waals surface area contributed by atoms with Gasteiger partial charge < -0.3 is 9.40 Å². The normalized spacial score (nSPS) is 26.4. The molecule has 2 fully saturated rings. The first-order valence-electron chi connectivity index (χ1n) is 8.55. The molecule has 2 aliphatic heterocycles. The highest BCUT2D eigenvalue weighted by molar-refractivity contribution is 7.86. The van der Waals surface area contributed by atoms with Crippen molar-refractivity contribution in [3.63, 3.8) is 0 Å². The molecule has 130 valence electrons. The number of aromatic nitrogens is 1. The van der Waals surface area contributed by atoms with Gasteiger partial charge in [0.05, 0.1) is 12.1 Å². The van der Waals surface area contributed by atoms with Gasteiger partial charge in [0.1, 0.15) is 11.5 Å². The van der Waals surface area contributed by atoms with Crippen molar-refractivity contribution in [1.82, 2.24) is 13.6 Å². The molecule has 0 bridgehead atoms. The van der Waals surface area contributed by atoms with Crippen LogP contribution in [0.4, 0.5) is 0 Å². The summed E-state index contributed by atoms with van der Waals surface area (Å²) in [6.45, 7) is 3.02. The van der Waals surface area contributed by atoms with Crippen molar-refractivity contribution in [3.8, 4) is 0 Å². The molecule has 2 saturated heterocycles. The molecule has 2 aliphatic rings. The average molecular weight is 349 g/mol. The second-order valence-corrected chi connectivity index (χ2v) is 8.45. The Bertz CT molecular complexity index is 797. The predicted octanol–water partition coefficient (Wildman–Crippen LogP) is 3.13. The zero-order valence-corrected chi connectivity index (χ0v) is 14.6. The van der Waals surface area contributed by atoms with Gasteiger partial charge in [-0.25, -0.2) is 0 Å². The van der Waals surface area contributed by atoms with Crippen LogP contribution in [0.25, 0.3) is 0 Å². The molecule has 4 heterocycles. The summed E-state index contributed by atoms with van der Waals surface area (Å²) in [5.41, 5.74) is 0.973. The van der Waals surface area contributed by atoms with Crippen LogP contribution in [0.2, 0.25) is 0 Å². The zero-order valence-electron chi connectivity index (χ0n) is 13.8. The van der Waals surface area contributed by atoms with E-state index in [9.17, 15) is 8.42 Å². The Hall–Kier alpha value is -1.57. The average Bonchev–Trinajstić information content (AvgIpc) is 3.32. The number of aryl methyl sites for hydroxylation is 1. The minimum Gasteiger partial charge on any atom is -0.465 e. The first-order chi connectivity index (χ1) is 11.6. The van der Waals surface area contributed by atoms with E-state index in [-0.39, 0.29) is 12.1 Å². The Morgan fingerprint density at radius 2 is 1.79 bits per heavy atom. The second-order valence-electron chi connectivity index (χ2n) is 6.62. The van der Waals surface area contributed by atoms with Crippen molar-refractivity contribution < 1.29 is 12.8 Å². The van der Waals surface area contributed by atoms with E-state index in [4.69, 9.17) is 4.42 Å². The Balaban J connectivity index is 1.64. The van der Waals surface area contributed by atoms with Gasteiger partial charge in [0.15, 0.2) is 0 Å². The van der Waals surface area contributed by atoms with E-state index in [1.807, 2.05) is 37.4 Å². The van der Waals surface area contributed by atoms with E-state index < -0.39 is 10.2 Å². The number of nitrogens with one attached hydrogen (secondary N) is 1. The Morgan fingerprint density at radius 3 is 2.42 bits per heavy atom. The van der Waals surface area contributed by atoms with Crippen LogP contribution in [0.3, 0.4) is 0 Å². The summed E-state index contributed by atoms with van der Waals surface area (Å²) in [5.74, 6) is 1.57. The summed E-state index contributed by atoms with van der Waals surface area (Å²) in [6, 6.07) is 7.41. The quantitative estimate of drug-likeness (QED) is 0.922. The third-order valence-corrected chi connectivity index (χ3v) is 7.13. The maximum absolute atomic E-state index is 13.3. The van der Waals surface area contributed by atoms with Gasteiger partial charge in [0, 0.05) is 25.0 Å². The lowest BCUT2D eigenvalue weighted by Crippen LogP contribution is -2.43. The van der Waals surface area contributed by atoms with E-state index >= 15 is 0 Å². The SMILES string of the molecule is Cc1ccc(C2CCCN2S(=O)(=O)N2CCCC2c2ccc[nH]2)o1. The van der Waals surface area contributed by atoms with E-state index in [2.05, 4.69) is 4.98 Å². The summed E-state index contributed by atoms with van der Waals surface area (Å²) in [6.07, 6.45) is 5.28. The molecule has 0 amide bonds. The van der Waals surface area contributed by atoms with Crippen LogP contribution in [0, 0.1) is 6.92 Å². The number of rotatable bonds is 4. The van der Waals surface area contributed by atoms with Crippen molar-refractivity contribution in [2.75, 3.05) is 13.1 Å². The monoisotopic (exact) mass is 349 g/mol. The molecule has 0 aromatic carbocycles. The molecule has 7 heteroatoms. The van der Waals surface area contributed by atoms with Crippen molar-refractivity contribution in [2.45, 2.75) is 44.7 Å². The largest absolute Gasteiger partial charge is 0.465 e. The van der Waals surface area contributed by atoms with Crippen LogP contribution in [0.15, 0.2) is 34.9 Å². The van der Waals surface area contributed by atoms with Gasteiger partial charge in [-0.3, -0.25) is 0 Å². The van der Waals surface area contributed by atoms with E-state index in [1.165, 1.54) is 0 Å². The fraction of sp³-hybridized carbons (Fsp3) is 0.529. The van der Waals surface area contributed by atoms with Crippen molar-refractivity contribution >= 4 is 10.2 Å². The van der Waals surface area contributed by atoms with Crippen molar-refractivity contribution in [3.05, 3.63) is 47.7 Å². The maximum atomic E-state index is 13.3. The summed E-state index contributed by atoms with van der Waals surface area (Å²) in [4.78, 5) is 3.17. The number of hydrogen-bond acceptors (Lipinski definition) is 3. The van der Waals surface area contributed by atoms with E-state index in [0.29, 0.717) is 13.1 Å².